The molecular weight excluding hydrogens is 204 g/mol. The molecule has 0 amide bonds. The first-order valence-corrected chi connectivity index (χ1v) is 6.04. The summed E-state index contributed by atoms with van der Waals surface area (Å²) in [4.78, 5) is 13.0. The molecule has 90 valence electrons. The summed E-state index contributed by atoms with van der Waals surface area (Å²) in [5, 5.41) is 12.1. The summed E-state index contributed by atoms with van der Waals surface area (Å²) >= 11 is 0. The Kier molecular flexibility index (Phi) is 3.61. The predicted molar refractivity (Wildman–Crippen MR) is 62.4 cm³/mol. The maximum absolute atomic E-state index is 10.5. The zero-order valence-electron chi connectivity index (χ0n) is 9.78. The largest absolute Gasteiger partial charge is 0.478 e. The van der Waals surface area contributed by atoms with Crippen LogP contribution in [0.15, 0.2) is 11.6 Å². The molecule has 0 saturated carbocycles. The van der Waals surface area contributed by atoms with Gasteiger partial charge in [0.05, 0.1) is 0 Å². The van der Waals surface area contributed by atoms with Crippen LogP contribution in [0, 0.1) is 0 Å². The molecule has 2 fully saturated rings. The third-order valence-corrected chi connectivity index (χ3v) is 3.62. The van der Waals surface area contributed by atoms with Crippen LogP contribution in [0.4, 0.5) is 0 Å². The number of carboxylic acids is 1. The quantitative estimate of drug-likeness (QED) is 0.695. The Hall–Kier alpha value is -0.870. The van der Waals surface area contributed by atoms with Crippen LogP contribution in [-0.4, -0.2) is 47.7 Å². The van der Waals surface area contributed by atoms with Gasteiger partial charge in [0, 0.05) is 31.2 Å². The Morgan fingerprint density at radius 3 is 3.06 bits per heavy atom. The summed E-state index contributed by atoms with van der Waals surface area (Å²) in [5.74, 6) is -0.854. The van der Waals surface area contributed by atoms with Crippen molar-refractivity contribution in [2.45, 2.75) is 38.3 Å². The minimum atomic E-state index is -0.854. The van der Waals surface area contributed by atoms with Crippen LogP contribution in [-0.2, 0) is 4.79 Å². The van der Waals surface area contributed by atoms with E-state index in [1.807, 2.05) is 6.92 Å². The molecule has 0 bridgehead atoms. The third-order valence-electron chi connectivity index (χ3n) is 3.62. The van der Waals surface area contributed by atoms with E-state index in [0.717, 1.165) is 5.57 Å². The number of fused-ring (bicyclic) bond motifs is 1. The number of carboxylic acid groups (broad SMARTS) is 1. The molecule has 0 aromatic heterocycles. The normalized spacial score (nSPS) is 30.7. The fourth-order valence-corrected chi connectivity index (χ4v) is 2.87. The van der Waals surface area contributed by atoms with Gasteiger partial charge in [0.1, 0.15) is 0 Å². The zero-order chi connectivity index (χ0) is 11.5. The summed E-state index contributed by atoms with van der Waals surface area (Å²) in [5.41, 5.74) is 0.893. The van der Waals surface area contributed by atoms with Gasteiger partial charge in [-0.1, -0.05) is 5.57 Å². The molecule has 2 aliphatic heterocycles. The maximum Gasteiger partial charge on any atom is 0.328 e. The van der Waals surface area contributed by atoms with E-state index in [0.29, 0.717) is 18.6 Å². The van der Waals surface area contributed by atoms with Gasteiger partial charge >= 0.3 is 5.97 Å². The van der Waals surface area contributed by atoms with E-state index in [9.17, 15) is 4.79 Å². The first-order valence-electron chi connectivity index (χ1n) is 6.04. The van der Waals surface area contributed by atoms with E-state index in [2.05, 4.69) is 10.2 Å². The third kappa shape index (κ3) is 2.62. The van der Waals surface area contributed by atoms with E-state index < -0.39 is 5.97 Å². The predicted octanol–water partition coefficient (Wildman–Crippen LogP) is 0.844. The van der Waals surface area contributed by atoms with Crippen LogP contribution in [0.5, 0.6) is 0 Å². The van der Waals surface area contributed by atoms with Crippen molar-refractivity contribution in [1.29, 1.82) is 0 Å². The highest BCUT2D eigenvalue weighted by Gasteiger charge is 2.36. The summed E-state index contributed by atoms with van der Waals surface area (Å²) in [6, 6.07) is 1.25. The van der Waals surface area contributed by atoms with E-state index in [4.69, 9.17) is 5.11 Å². The number of carbonyl (C=O) groups is 1. The molecule has 0 aliphatic carbocycles. The summed E-state index contributed by atoms with van der Waals surface area (Å²) in [7, 11) is 0. The van der Waals surface area contributed by atoms with Crippen molar-refractivity contribution in [2.24, 2.45) is 0 Å². The summed E-state index contributed by atoms with van der Waals surface area (Å²) in [6.45, 7) is 5.00. The number of nitrogens with one attached hydrogen (secondary N) is 1. The number of rotatable bonds is 4. The standard InChI is InChI=1S/C12H20N2O2/c1-9(7-12(15)16)8-13-10-4-6-14-5-2-3-11(10)14/h7,10-11,13H,2-6,8H2,1H3,(H,15,16). The monoisotopic (exact) mass is 224 g/mol. The highest BCUT2D eigenvalue weighted by atomic mass is 16.4. The van der Waals surface area contributed by atoms with Crippen molar-refractivity contribution in [1.82, 2.24) is 10.2 Å². The second-order valence-electron chi connectivity index (χ2n) is 4.85. The van der Waals surface area contributed by atoms with Gasteiger partial charge in [-0.05, 0) is 32.7 Å². The van der Waals surface area contributed by atoms with Crippen LogP contribution < -0.4 is 5.32 Å². The lowest BCUT2D eigenvalue weighted by atomic mass is 10.1. The van der Waals surface area contributed by atoms with Crippen molar-refractivity contribution in [3.8, 4) is 0 Å². The van der Waals surface area contributed by atoms with E-state index in [-0.39, 0.29) is 0 Å². The molecule has 2 unspecified atom stereocenters. The molecule has 0 radical (unpaired) electrons. The zero-order valence-corrected chi connectivity index (χ0v) is 9.78. The highest BCUT2D eigenvalue weighted by molar-refractivity contribution is 5.80. The molecule has 2 atom stereocenters. The van der Waals surface area contributed by atoms with Crippen LogP contribution in [0.2, 0.25) is 0 Å². The van der Waals surface area contributed by atoms with E-state index >= 15 is 0 Å². The van der Waals surface area contributed by atoms with E-state index in [1.165, 1.54) is 38.4 Å². The first-order chi connectivity index (χ1) is 7.66. The number of nitrogens with zero attached hydrogens (tertiary/aromatic N) is 1. The lowest BCUT2D eigenvalue weighted by Gasteiger charge is -2.21. The van der Waals surface area contributed by atoms with Gasteiger partial charge in [-0.2, -0.15) is 0 Å². The van der Waals surface area contributed by atoms with Crippen molar-refractivity contribution in [2.75, 3.05) is 19.6 Å². The van der Waals surface area contributed by atoms with Gasteiger partial charge in [-0.15, -0.1) is 0 Å². The maximum atomic E-state index is 10.5. The van der Waals surface area contributed by atoms with Crippen molar-refractivity contribution >= 4 is 5.97 Å². The van der Waals surface area contributed by atoms with Crippen LogP contribution in [0.3, 0.4) is 0 Å². The Morgan fingerprint density at radius 2 is 2.31 bits per heavy atom. The lowest BCUT2D eigenvalue weighted by Crippen LogP contribution is -2.39. The molecule has 4 nitrogen and oxygen atoms in total. The number of hydrogen-bond acceptors (Lipinski definition) is 3. The fraction of sp³-hybridized carbons (Fsp3) is 0.750. The van der Waals surface area contributed by atoms with Gasteiger partial charge in [-0.3, -0.25) is 4.90 Å². The highest BCUT2D eigenvalue weighted by Crippen LogP contribution is 2.27. The molecule has 0 spiro atoms. The fourth-order valence-electron chi connectivity index (χ4n) is 2.87. The molecule has 2 N–H and O–H groups in total. The molecule has 2 heterocycles. The molecule has 4 heteroatoms. The van der Waals surface area contributed by atoms with Gasteiger partial charge in [0.25, 0.3) is 0 Å². The molecule has 2 aliphatic rings. The molecule has 2 rings (SSSR count). The second kappa shape index (κ2) is 4.97. The molecule has 2 saturated heterocycles. The first kappa shape index (κ1) is 11.6. The van der Waals surface area contributed by atoms with Crippen LogP contribution >= 0.6 is 0 Å². The minimum absolute atomic E-state index is 0.555. The van der Waals surface area contributed by atoms with Crippen LogP contribution in [0.1, 0.15) is 26.2 Å². The van der Waals surface area contributed by atoms with Crippen molar-refractivity contribution in [3.05, 3.63) is 11.6 Å². The Bertz CT molecular complexity index is 301. The smallest absolute Gasteiger partial charge is 0.328 e. The Morgan fingerprint density at radius 1 is 1.50 bits per heavy atom. The molecule has 0 aromatic carbocycles. The van der Waals surface area contributed by atoms with E-state index in [1.54, 1.807) is 0 Å². The molecule has 16 heavy (non-hydrogen) atoms. The Labute approximate surface area is 96.3 Å². The van der Waals surface area contributed by atoms with Crippen molar-refractivity contribution in [3.63, 3.8) is 0 Å². The van der Waals surface area contributed by atoms with Gasteiger partial charge in [0.2, 0.25) is 0 Å². The minimum Gasteiger partial charge on any atom is -0.478 e. The average molecular weight is 224 g/mol. The molecule has 0 aromatic rings. The molecular formula is C12H20N2O2. The Balaban J connectivity index is 1.80. The van der Waals surface area contributed by atoms with Crippen LogP contribution in [0.25, 0.3) is 0 Å². The second-order valence-corrected chi connectivity index (χ2v) is 4.85. The van der Waals surface area contributed by atoms with Crippen molar-refractivity contribution < 1.29 is 9.90 Å². The summed E-state index contributed by atoms with van der Waals surface area (Å²) < 4.78 is 0. The van der Waals surface area contributed by atoms with Gasteiger partial charge in [0.15, 0.2) is 0 Å². The lowest BCUT2D eigenvalue weighted by molar-refractivity contribution is -0.131. The number of hydrogen-bond donors (Lipinski definition) is 2. The van der Waals surface area contributed by atoms with Gasteiger partial charge < -0.3 is 10.4 Å². The topological polar surface area (TPSA) is 52.6 Å². The summed E-state index contributed by atoms with van der Waals surface area (Å²) in [6.07, 6.45) is 5.09. The van der Waals surface area contributed by atoms with Gasteiger partial charge in [-0.25, -0.2) is 4.79 Å². The number of aliphatic carboxylic acids is 1. The average Bonchev–Trinajstić information content (AvgIpc) is 2.75. The SMILES string of the molecule is CC(=CC(=O)O)CNC1CCN2CCCC12.